The van der Waals surface area contributed by atoms with Crippen LogP contribution >= 0.6 is 0 Å². The molecule has 18 heavy (non-hydrogen) atoms. The molecule has 2 rings (SSSR count). The Hall–Kier alpha value is -0.960. The molecule has 1 aliphatic carbocycles. The van der Waals surface area contributed by atoms with E-state index in [0.29, 0.717) is 5.92 Å². The summed E-state index contributed by atoms with van der Waals surface area (Å²) in [6.45, 7) is 6.30. The average molecular weight is 247 g/mol. The lowest BCUT2D eigenvalue weighted by Gasteiger charge is -2.35. The normalized spacial score (nSPS) is 26.0. The van der Waals surface area contributed by atoms with Crippen LogP contribution < -0.4 is 5.73 Å². The molecule has 3 nitrogen and oxygen atoms in total. The Balaban J connectivity index is 2.23. The predicted octanol–water partition coefficient (Wildman–Crippen LogP) is 3.31. The van der Waals surface area contributed by atoms with E-state index in [-0.39, 0.29) is 6.04 Å². The highest BCUT2D eigenvalue weighted by atomic mass is 15.1. The van der Waals surface area contributed by atoms with Crippen LogP contribution in [-0.2, 0) is 0 Å². The minimum absolute atomic E-state index is 0.129. The standard InChI is InChI=1S/C15H25N3/c1-4-12-7-5-6-8-13(12)15(16)14-9-10(2)17-18-11(14)3/h9,12-13,15H,4-8,16H2,1-3H3. The van der Waals surface area contributed by atoms with Gasteiger partial charge in [-0.15, -0.1) is 0 Å². The summed E-state index contributed by atoms with van der Waals surface area (Å²) >= 11 is 0. The highest BCUT2D eigenvalue weighted by molar-refractivity contribution is 5.24. The van der Waals surface area contributed by atoms with E-state index in [4.69, 9.17) is 5.73 Å². The maximum absolute atomic E-state index is 6.54. The second-order valence-electron chi connectivity index (χ2n) is 5.67. The van der Waals surface area contributed by atoms with Crippen LogP contribution in [0.25, 0.3) is 0 Å². The molecule has 1 heterocycles. The predicted molar refractivity (Wildman–Crippen MR) is 74.2 cm³/mol. The van der Waals surface area contributed by atoms with Crippen LogP contribution in [0.3, 0.4) is 0 Å². The third-order valence-electron chi connectivity index (χ3n) is 4.45. The van der Waals surface area contributed by atoms with E-state index in [0.717, 1.165) is 17.3 Å². The summed E-state index contributed by atoms with van der Waals surface area (Å²) in [6, 6.07) is 2.25. The molecule has 1 saturated carbocycles. The second-order valence-corrected chi connectivity index (χ2v) is 5.67. The summed E-state index contributed by atoms with van der Waals surface area (Å²) in [5.74, 6) is 1.40. The van der Waals surface area contributed by atoms with Gasteiger partial charge >= 0.3 is 0 Å². The Morgan fingerprint density at radius 1 is 1.28 bits per heavy atom. The number of hydrogen-bond acceptors (Lipinski definition) is 3. The van der Waals surface area contributed by atoms with E-state index in [1.807, 2.05) is 13.8 Å². The molecule has 1 fully saturated rings. The zero-order valence-electron chi connectivity index (χ0n) is 11.8. The van der Waals surface area contributed by atoms with Crippen LogP contribution in [0.1, 0.15) is 62.0 Å². The molecule has 0 spiro atoms. The van der Waals surface area contributed by atoms with Crippen molar-refractivity contribution in [3.8, 4) is 0 Å². The molecule has 1 aliphatic rings. The fraction of sp³-hybridized carbons (Fsp3) is 0.733. The van der Waals surface area contributed by atoms with Gasteiger partial charge in [-0.3, -0.25) is 0 Å². The molecular formula is C15H25N3. The van der Waals surface area contributed by atoms with Crippen LogP contribution in [0.5, 0.6) is 0 Å². The molecule has 1 aromatic heterocycles. The van der Waals surface area contributed by atoms with Gasteiger partial charge in [0.05, 0.1) is 11.4 Å². The van der Waals surface area contributed by atoms with Crippen molar-refractivity contribution in [3.05, 3.63) is 23.0 Å². The van der Waals surface area contributed by atoms with Gasteiger partial charge in [0.2, 0.25) is 0 Å². The van der Waals surface area contributed by atoms with Gasteiger partial charge in [0.15, 0.2) is 0 Å². The Morgan fingerprint density at radius 3 is 2.72 bits per heavy atom. The summed E-state index contributed by atoms with van der Waals surface area (Å²) in [4.78, 5) is 0. The van der Waals surface area contributed by atoms with Crippen LogP contribution in [-0.4, -0.2) is 10.2 Å². The van der Waals surface area contributed by atoms with Crippen LogP contribution in [0.4, 0.5) is 0 Å². The van der Waals surface area contributed by atoms with Gasteiger partial charge in [-0.05, 0) is 43.7 Å². The molecule has 0 aliphatic heterocycles. The third-order valence-corrected chi connectivity index (χ3v) is 4.45. The lowest BCUT2D eigenvalue weighted by atomic mass is 9.72. The Labute approximate surface area is 110 Å². The van der Waals surface area contributed by atoms with Crippen LogP contribution in [0, 0.1) is 25.7 Å². The summed E-state index contributed by atoms with van der Waals surface area (Å²) in [6.07, 6.45) is 6.54. The van der Waals surface area contributed by atoms with Crippen molar-refractivity contribution in [2.24, 2.45) is 17.6 Å². The molecule has 0 amide bonds. The van der Waals surface area contributed by atoms with Gasteiger partial charge in [0.25, 0.3) is 0 Å². The highest BCUT2D eigenvalue weighted by Gasteiger charge is 2.30. The van der Waals surface area contributed by atoms with E-state index in [9.17, 15) is 0 Å². The van der Waals surface area contributed by atoms with Gasteiger partial charge < -0.3 is 5.73 Å². The fourth-order valence-electron chi connectivity index (χ4n) is 3.35. The quantitative estimate of drug-likeness (QED) is 0.891. The Bertz CT molecular complexity index is 403. The van der Waals surface area contributed by atoms with Gasteiger partial charge in [0, 0.05) is 6.04 Å². The molecule has 0 aromatic carbocycles. The maximum Gasteiger partial charge on any atom is 0.0648 e. The van der Waals surface area contributed by atoms with E-state index in [2.05, 4.69) is 23.2 Å². The van der Waals surface area contributed by atoms with Gasteiger partial charge in [-0.25, -0.2) is 0 Å². The molecule has 0 saturated heterocycles. The van der Waals surface area contributed by atoms with Gasteiger partial charge in [-0.2, -0.15) is 10.2 Å². The smallest absolute Gasteiger partial charge is 0.0648 e. The minimum Gasteiger partial charge on any atom is -0.324 e. The van der Waals surface area contributed by atoms with E-state index < -0.39 is 0 Å². The summed E-state index contributed by atoms with van der Waals surface area (Å²) < 4.78 is 0. The van der Waals surface area contributed by atoms with Gasteiger partial charge in [-0.1, -0.05) is 32.6 Å². The molecule has 3 heteroatoms. The fourth-order valence-corrected chi connectivity index (χ4v) is 3.35. The third kappa shape index (κ3) is 2.72. The lowest BCUT2D eigenvalue weighted by molar-refractivity contribution is 0.196. The molecular weight excluding hydrogens is 222 g/mol. The number of rotatable bonds is 3. The first-order valence-corrected chi connectivity index (χ1v) is 7.20. The molecule has 2 N–H and O–H groups in total. The van der Waals surface area contributed by atoms with Crippen LogP contribution in [0.2, 0.25) is 0 Å². The van der Waals surface area contributed by atoms with Crippen molar-refractivity contribution in [2.75, 3.05) is 0 Å². The largest absolute Gasteiger partial charge is 0.324 e. The topological polar surface area (TPSA) is 51.8 Å². The van der Waals surface area contributed by atoms with E-state index in [1.54, 1.807) is 0 Å². The second kappa shape index (κ2) is 5.79. The molecule has 1 aromatic rings. The zero-order valence-corrected chi connectivity index (χ0v) is 11.8. The van der Waals surface area contributed by atoms with Crippen molar-refractivity contribution in [1.29, 1.82) is 0 Å². The van der Waals surface area contributed by atoms with Crippen LogP contribution in [0.15, 0.2) is 6.07 Å². The first-order chi connectivity index (χ1) is 8.63. The van der Waals surface area contributed by atoms with Crippen molar-refractivity contribution >= 4 is 0 Å². The number of nitrogens with two attached hydrogens (primary N) is 1. The maximum atomic E-state index is 6.54. The summed E-state index contributed by atoms with van der Waals surface area (Å²) in [5.41, 5.74) is 9.70. The van der Waals surface area contributed by atoms with Crippen molar-refractivity contribution < 1.29 is 0 Å². The molecule has 3 unspecified atom stereocenters. The van der Waals surface area contributed by atoms with E-state index >= 15 is 0 Å². The summed E-state index contributed by atoms with van der Waals surface area (Å²) in [5, 5.41) is 8.32. The molecule has 100 valence electrons. The highest BCUT2D eigenvalue weighted by Crippen LogP contribution is 2.39. The van der Waals surface area contributed by atoms with Crippen molar-refractivity contribution in [2.45, 2.75) is 58.9 Å². The van der Waals surface area contributed by atoms with Crippen molar-refractivity contribution in [1.82, 2.24) is 10.2 Å². The van der Waals surface area contributed by atoms with Crippen molar-refractivity contribution in [3.63, 3.8) is 0 Å². The Kier molecular flexibility index (Phi) is 4.33. The molecule has 0 radical (unpaired) electrons. The lowest BCUT2D eigenvalue weighted by Crippen LogP contribution is -2.31. The number of nitrogens with zero attached hydrogens (tertiary/aromatic N) is 2. The first-order valence-electron chi connectivity index (χ1n) is 7.20. The Morgan fingerprint density at radius 2 is 2.00 bits per heavy atom. The number of aromatic nitrogens is 2. The zero-order chi connectivity index (χ0) is 13.1. The SMILES string of the molecule is CCC1CCCCC1C(N)c1cc(C)nnc1C. The van der Waals surface area contributed by atoms with Gasteiger partial charge in [0.1, 0.15) is 0 Å². The molecule has 3 atom stereocenters. The minimum atomic E-state index is 0.129. The first kappa shape index (κ1) is 13.5. The van der Waals surface area contributed by atoms with E-state index in [1.165, 1.54) is 37.7 Å². The summed E-state index contributed by atoms with van der Waals surface area (Å²) in [7, 11) is 0. The number of hydrogen-bond donors (Lipinski definition) is 1. The average Bonchev–Trinajstić information content (AvgIpc) is 2.40. The monoisotopic (exact) mass is 247 g/mol. The number of aryl methyl sites for hydroxylation is 2. The molecule has 0 bridgehead atoms.